The average Bonchev–Trinajstić information content (AvgIpc) is 3.30. The van der Waals surface area contributed by atoms with Gasteiger partial charge in [-0.2, -0.15) is 0 Å². The number of carbonyl (C=O) groups excluding carboxylic acids is 1. The third kappa shape index (κ3) is 4.63. The van der Waals surface area contributed by atoms with Gasteiger partial charge in [0.05, 0.1) is 13.0 Å². The van der Waals surface area contributed by atoms with E-state index in [1.165, 1.54) is 36.6 Å². The highest BCUT2D eigenvalue weighted by Crippen LogP contribution is 2.56. The normalized spacial score (nSPS) is 24.8. The fourth-order valence-electron chi connectivity index (χ4n) is 7.95. The highest BCUT2D eigenvalue weighted by molar-refractivity contribution is 5.76. The van der Waals surface area contributed by atoms with Crippen molar-refractivity contribution in [1.82, 2.24) is 0 Å². The van der Waals surface area contributed by atoms with Gasteiger partial charge in [-0.15, -0.1) is 0 Å². The van der Waals surface area contributed by atoms with Crippen LogP contribution in [-0.2, 0) is 28.0 Å². The van der Waals surface area contributed by atoms with E-state index in [1.807, 2.05) is 19.1 Å². The molecule has 210 valence electrons. The maximum absolute atomic E-state index is 15.1. The summed E-state index contributed by atoms with van der Waals surface area (Å²) in [6, 6.07) is 18.3. The fourth-order valence-corrected chi connectivity index (χ4v) is 7.95. The van der Waals surface area contributed by atoms with Crippen molar-refractivity contribution in [3.8, 4) is 16.9 Å². The second kappa shape index (κ2) is 10.4. The molecule has 0 heterocycles. The molecule has 0 saturated heterocycles. The number of hydrogen-bond acceptors (Lipinski definition) is 3. The van der Waals surface area contributed by atoms with Crippen LogP contribution in [0.1, 0.15) is 92.5 Å². The lowest BCUT2D eigenvalue weighted by atomic mass is 9.52. The summed E-state index contributed by atoms with van der Waals surface area (Å²) < 4.78 is 26.6. The number of carbonyl (C=O) groups is 1. The predicted octanol–water partition coefficient (Wildman–Crippen LogP) is 8.83. The summed E-state index contributed by atoms with van der Waals surface area (Å²) in [5.74, 6) is 0.902. The maximum atomic E-state index is 15.1. The third-order valence-electron chi connectivity index (χ3n) is 10.3. The van der Waals surface area contributed by atoms with Crippen LogP contribution in [0.5, 0.6) is 5.75 Å². The molecule has 0 aromatic heterocycles. The quantitative estimate of drug-likeness (QED) is 0.293. The van der Waals surface area contributed by atoms with Gasteiger partial charge < -0.3 is 9.47 Å². The minimum atomic E-state index is -0.170. The average molecular weight is 541 g/mol. The van der Waals surface area contributed by atoms with E-state index in [1.54, 1.807) is 6.07 Å². The fraction of sp³-hybridized carbons (Fsp3) is 0.472. The zero-order valence-corrected chi connectivity index (χ0v) is 24.3. The number of hydrogen-bond donors (Lipinski definition) is 0. The Morgan fingerprint density at radius 3 is 2.52 bits per heavy atom. The first-order valence-corrected chi connectivity index (χ1v) is 15.0. The first kappa shape index (κ1) is 27.1. The van der Waals surface area contributed by atoms with Gasteiger partial charge in [-0.1, -0.05) is 56.2 Å². The predicted molar refractivity (Wildman–Crippen MR) is 157 cm³/mol. The Labute approximate surface area is 238 Å². The van der Waals surface area contributed by atoms with Crippen LogP contribution >= 0.6 is 0 Å². The summed E-state index contributed by atoms with van der Waals surface area (Å²) in [4.78, 5) is 12.6. The molecule has 3 aliphatic rings. The van der Waals surface area contributed by atoms with Gasteiger partial charge in [-0.05, 0) is 115 Å². The van der Waals surface area contributed by atoms with E-state index < -0.39 is 0 Å². The van der Waals surface area contributed by atoms with Gasteiger partial charge in [-0.3, -0.25) is 4.79 Å². The monoisotopic (exact) mass is 540 g/mol. The number of fused-ring (bicyclic) bond motifs is 2. The van der Waals surface area contributed by atoms with Crippen LogP contribution in [0.4, 0.5) is 4.39 Å². The van der Waals surface area contributed by atoms with E-state index in [0.717, 1.165) is 61.0 Å². The number of benzene rings is 3. The van der Waals surface area contributed by atoms with Gasteiger partial charge in [0.2, 0.25) is 0 Å². The van der Waals surface area contributed by atoms with Crippen molar-refractivity contribution in [1.29, 1.82) is 0 Å². The van der Waals surface area contributed by atoms with E-state index >= 15 is 4.39 Å². The van der Waals surface area contributed by atoms with Crippen LogP contribution in [-0.4, -0.2) is 13.1 Å². The van der Waals surface area contributed by atoms with Crippen LogP contribution < -0.4 is 4.74 Å². The lowest BCUT2D eigenvalue weighted by molar-refractivity contribution is -0.153. The molecule has 3 aromatic carbocycles. The van der Waals surface area contributed by atoms with Gasteiger partial charge in [0.25, 0.3) is 0 Å². The van der Waals surface area contributed by atoms with Gasteiger partial charge in [0.1, 0.15) is 18.2 Å². The summed E-state index contributed by atoms with van der Waals surface area (Å²) in [7, 11) is 1.50. The number of ether oxygens (including phenoxy) is 2. The molecule has 4 heteroatoms. The molecular weight excluding hydrogens is 499 g/mol. The molecular formula is C36H41FO3. The topological polar surface area (TPSA) is 35.5 Å². The molecule has 0 aliphatic heterocycles. The molecule has 40 heavy (non-hydrogen) atoms. The standard InChI is InChI=1S/C36H41FO3/c1-23-9-14-33(37)29(19-23)27-13-10-24(20-28(27)30-8-6-16-35(30,2)3)22-40-26-12-11-25-7-5-17-36(32(25)21-26)18-15-31(36)34(38)39-4/h9-14,19-21,30-31H,5-8,15-18,22H2,1-4H3/t30-,31+,36-/m0/s1. The van der Waals surface area contributed by atoms with Gasteiger partial charge in [0.15, 0.2) is 0 Å². The molecule has 3 aromatic rings. The lowest BCUT2D eigenvalue weighted by Crippen LogP contribution is -2.50. The Morgan fingerprint density at radius 2 is 1.80 bits per heavy atom. The summed E-state index contributed by atoms with van der Waals surface area (Å²) in [5.41, 5.74) is 7.74. The number of esters is 1. The van der Waals surface area contributed by atoms with Crippen molar-refractivity contribution in [2.24, 2.45) is 11.3 Å². The molecule has 0 bridgehead atoms. The molecule has 0 amide bonds. The molecule has 0 unspecified atom stereocenters. The highest BCUT2D eigenvalue weighted by atomic mass is 19.1. The first-order valence-electron chi connectivity index (χ1n) is 15.0. The molecule has 2 fully saturated rings. The molecule has 2 saturated carbocycles. The summed E-state index contributed by atoms with van der Waals surface area (Å²) in [5, 5.41) is 0. The van der Waals surface area contributed by atoms with Crippen LogP contribution in [0.25, 0.3) is 11.1 Å². The number of methoxy groups -OCH3 is 1. The van der Waals surface area contributed by atoms with E-state index in [-0.39, 0.29) is 28.5 Å². The second-order valence-corrected chi connectivity index (χ2v) is 13.1. The number of rotatable bonds is 6. The molecule has 3 aliphatic carbocycles. The third-order valence-corrected chi connectivity index (χ3v) is 10.3. The van der Waals surface area contributed by atoms with Crippen LogP contribution in [0.15, 0.2) is 54.6 Å². The first-order chi connectivity index (χ1) is 19.2. The van der Waals surface area contributed by atoms with E-state index in [0.29, 0.717) is 18.1 Å². The minimum Gasteiger partial charge on any atom is -0.489 e. The van der Waals surface area contributed by atoms with E-state index in [4.69, 9.17) is 9.47 Å². The molecule has 0 radical (unpaired) electrons. The second-order valence-electron chi connectivity index (χ2n) is 13.1. The Balaban J connectivity index is 1.30. The van der Waals surface area contributed by atoms with Crippen molar-refractivity contribution in [3.63, 3.8) is 0 Å². The Morgan fingerprint density at radius 1 is 0.950 bits per heavy atom. The summed E-state index contributed by atoms with van der Waals surface area (Å²) >= 11 is 0. The van der Waals surface area contributed by atoms with Crippen molar-refractivity contribution in [2.45, 2.75) is 90.1 Å². The molecule has 1 spiro atoms. The highest BCUT2D eigenvalue weighted by Gasteiger charge is 2.53. The summed E-state index contributed by atoms with van der Waals surface area (Å²) in [6.45, 7) is 7.15. The Bertz CT molecular complexity index is 1440. The van der Waals surface area contributed by atoms with Crippen LogP contribution in [0, 0.1) is 24.1 Å². The molecule has 0 N–H and O–H groups in total. The smallest absolute Gasteiger partial charge is 0.309 e. The Kier molecular flexibility index (Phi) is 7.01. The maximum Gasteiger partial charge on any atom is 0.309 e. The zero-order chi connectivity index (χ0) is 28.1. The van der Waals surface area contributed by atoms with Gasteiger partial charge in [0, 0.05) is 11.0 Å². The number of halogens is 1. The minimum absolute atomic E-state index is 0.0568. The summed E-state index contributed by atoms with van der Waals surface area (Å²) in [6.07, 6.45) is 8.59. The van der Waals surface area contributed by atoms with Crippen LogP contribution in [0.3, 0.4) is 0 Å². The SMILES string of the molecule is COC(=O)[C@H]1CC[C@@]12CCCc1ccc(OCc3ccc(-c4cc(C)ccc4F)c([C@@H]4CCCC4(C)C)c3)cc12. The molecule has 3 atom stereocenters. The molecule has 6 rings (SSSR count). The van der Waals surface area contributed by atoms with Crippen molar-refractivity contribution in [3.05, 3.63) is 88.2 Å². The van der Waals surface area contributed by atoms with Crippen molar-refractivity contribution in [2.75, 3.05) is 7.11 Å². The van der Waals surface area contributed by atoms with Crippen LogP contribution in [0.2, 0.25) is 0 Å². The van der Waals surface area contributed by atoms with Crippen molar-refractivity contribution < 1.29 is 18.7 Å². The van der Waals surface area contributed by atoms with Crippen molar-refractivity contribution >= 4 is 5.97 Å². The molecule has 3 nitrogen and oxygen atoms in total. The van der Waals surface area contributed by atoms with Gasteiger partial charge in [-0.25, -0.2) is 4.39 Å². The van der Waals surface area contributed by atoms with E-state index in [2.05, 4.69) is 50.2 Å². The van der Waals surface area contributed by atoms with Gasteiger partial charge >= 0.3 is 5.97 Å². The number of aryl methyl sites for hydroxylation is 2. The van der Waals surface area contributed by atoms with E-state index in [9.17, 15) is 4.79 Å². The largest absolute Gasteiger partial charge is 0.489 e. The lowest BCUT2D eigenvalue weighted by Gasteiger charge is -2.51. The zero-order valence-electron chi connectivity index (χ0n) is 24.3. The Hall–Kier alpha value is -3.14.